The Kier molecular flexibility index (Phi) is 6.30. The van der Waals surface area contributed by atoms with E-state index in [1.54, 1.807) is 12.1 Å². The highest BCUT2D eigenvalue weighted by Crippen LogP contribution is 2.18. The molecule has 2 atom stereocenters. The predicted octanol–water partition coefficient (Wildman–Crippen LogP) is 1.86. The second-order valence-electron chi connectivity index (χ2n) is 5.79. The summed E-state index contributed by atoms with van der Waals surface area (Å²) in [5.74, 6) is -0.157. The summed E-state index contributed by atoms with van der Waals surface area (Å²) >= 11 is 0. The van der Waals surface area contributed by atoms with Gasteiger partial charge in [-0.3, -0.25) is 4.79 Å². The SMILES string of the molecule is CNS(=O)(=O)c1ccc(C(C)NC(=O)CC(N)c2ccccc2)cc1. The van der Waals surface area contributed by atoms with Crippen LogP contribution in [0.2, 0.25) is 0 Å². The van der Waals surface area contributed by atoms with Crippen molar-refractivity contribution in [3.05, 3.63) is 65.7 Å². The highest BCUT2D eigenvalue weighted by atomic mass is 32.2. The molecule has 1 amide bonds. The van der Waals surface area contributed by atoms with Crippen molar-refractivity contribution in [2.75, 3.05) is 7.05 Å². The molecular weight excluding hydrogens is 338 g/mol. The van der Waals surface area contributed by atoms with Gasteiger partial charge in [0.05, 0.1) is 10.9 Å². The van der Waals surface area contributed by atoms with Gasteiger partial charge >= 0.3 is 0 Å². The minimum Gasteiger partial charge on any atom is -0.350 e. The highest BCUT2D eigenvalue weighted by molar-refractivity contribution is 7.89. The minimum absolute atomic E-state index is 0.157. The summed E-state index contributed by atoms with van der Waals surface area (Å²) in [5.41, 5.74) is 7.78. The molecule has 0 aliphatic rings. The Balaban J connectivity index is 1.97. The molecule has 4 N–H and O–H groups in total. The molecule has 0 saturated heterocycles. The molecule has 0 radical (unpaired) electrons. The van der Waals surface area contributed by atoms with Gasteiger partial charge in [-0.05, 0) is 37.2 Å². The fourth-order valence-corrected chi connectivity index (χ4v) is 3.19. The summed E-state index contributed by atoms with van der Waals surface area (Å²) in [6, 6.07) is 15.2. The minimum atomic E-state index is -3.46. The third-order valence-electron chi connectivity index (χ3n) is 3.97. The maximum absolute atomic E-state index is 12.2. The van der Waals surface area contributed by atoms with Crippen LogP contribution < -0.4 is 15.8 Å². The Hall–Kier alpha value is -2.22. The topological polar surface area (TPSA) is 101 Å². The van der Waals surface area contributed by atoms with E-state index < -0.39 is 10.0 Å². The van der Waals surface area contributed by atoms with Gasteiger partial charge in [0.15, 0.2) is 0 Å². The van der Waals surface area contributed by atoms with E-state index in [0.29, 0.717) is 0 Å². The summed E-state index contributed by atoms with van der Waals surface area (Å²) in [7, 11) is -2.10. The lowest BCUT2D eigenvalue weighted by Crippen LogP contribution is -2.29. The molecule has 0 saturated carbocycles. The van der Waals surface area contributed by atoms with Crippen molar-refractivity contribution in [3.63, 3.8) is 0 Å². The van der Waals surface area contributed by atoms with Crippen LogP contribution in [0.4, 0.5) is 0 Å². The average molecular weight is 361 g/mol. The van der Waals surface area contributed by atoms with E-state index in [-0.39, 0.29) is 29.3 Å². The lowest BCUT2D eigenvalue weighted by molar-refractivity contribution is -0.122. The molecule has 2 unspecified atom stereocenters. The number of carbonyl (C=O) groups is 1. The molecular formula is C18H23N3O3S. The maximum atomic E-state index is 12.2. The van der Waals surface area contributed by atoms with Crippen molar-refractivity contribution in [2.45, 2.75) is 30.3 Å². The second kappa shape index (κ2) is 8.24. The molecule has 7 heteroatoms. The first-order valence-corrected chi connectivity index (χ1v) is 9.45. The Morgan fingerprint density at radius 2 is 1.64 bits per heavy atom. The summed E-state index contributed by atoms with van der Waals surface area (Å²) in [4.78, 5) is 12.4. The Morgan fingerprint density at radius 1 is 1.04 bits per heavy atom. The van der Waals surface area contributed by atoms with Crippen molar-refractivity contribution in [1.29, 1.82) is 0 Å². The predicted molar refractivity (Wildman–Crippen MR) is 97.2 cm³/mol. The first kappa shape index (κ1) is 19.1. The maximum Gasteiger partial charge on any atom is 0.240 e. The Bertz CT molecular complexity index is 805. The van der Waals surface area contributed by atoms with Crippen LogP contribution in [0.5, 0.6) is 0 Å². The van der Waals surface area contributed by atoms with Crippen LogP contribution in [0.1, 0.15) is 36.6 Å². The molecule has 134 valence electrons. The third-order valence-corrected chi connectivity index (χ3v) is 5.40. The van der Waals surface area contributed by atoms with Crippen LogP contribution in [0.15, 0.2) is 59.5 Å². The number of rotatable bonds is 7. The number of hydrogen-bond acceptors (Lipinski definition) is 4. The lowest BCUT2D eigenvalue weighted by Gasteiger charge is -2.17. The second-order valence-corrected chi connectivity index (χ2v) is 7.67. The average Bonchev–Trinajstić information content (AvgIpc) is 2.62. The Labute approximate surface area is 148 Å². The van der Waals surface area contributed by atoms with E-state index in [0.717, 1.165) is 11.1 Å². The van der Waals surface area contributed by atoms with E-state index in [9.17, 15) is 13.2 Å². The number of carbonyl (C=O) groups excluding carboxylic acids is 1. The molecule has 0 aliphatic carbocycles. The number of hydrogen-bond donors (Lipinski definition) is 3. The quantitative estimate of drug-likeness (QED) is 0.700. The van der Waals surface area contributed by atoms with Gasteiger partial charge in [0.25, 0.3) is 0 Å². The summed E-state index contributed by atoms with van der Waals surface area (Å²) in [6.45, 7) is 1.84. The van der Waals surface area contributed by atoms with E-state index in [2.05, 4.69) is 10.0 Å². The zero-order valence-electron chi connectivity index (χ0n) is 14.3. The van der Waals surface area contributed by atoms with Crippen molar-refractivity contribution in [2.24, 2.45) is 5.73 Å². The molecule has 0 spiro atoms. The zero-order valence-corrected chi connectivity index (χ0v) is 15.1. The number of sulfonamides is 1. The van der Waals surface area contributed by atoms with E-state index in [1.165, 1.54) is 19.2 Å². The standard InChI is InChI=1S/C18H23N3O3S/c1-13(14-8-10-16(11-9-14)25(23,24)20-2)21-18(22)12-17(19)15-6-4-3-5-7-15/h3-11,13,17,20H,12,19H2,1-2H3,(H,21,22). The van der Waals surface area contributed by atoms with Crippen molar-refractivity contribution >= 4 is 15.9 Å². The van der Waals surface area contributed by atoms with Crippen LogP contribution in [0.25, 0.3) is 0 Å². The van der Waals surface area contributed by atoms with E-state index in [1.807, 2.05) is 37.3 Å². The number of nitrogens with two attached hydrogens (primary N) is 1. The zero-order chi connectivity index (χ0) is 18.4. The monoisotopic (exact) mass is 361 g/mol. The largest absolute Gasteiger partial charge is 0.350 e. The van der Waals surface area contributed by atoms with Gasteiger partial charge in [0.1, 0.15) is 0 Å². The molecule has 2 aromatic rings. The normalized spacial score (nSPS) is 13.9. The van der Waals surface area contributed by atoms with Gasteiger partial charge in [-0.2, -0.15) is 0 Å². The van der Waals surface area contributed by atoms with Crippen LogP contribution in [0.3, 0.4) is 0 Å². The molecule has 2 aromatic carbocycles. The summed E-state index contributed by atoms with van der Waals surface area (Å²) in [6.07, 6.45) is 0.181. The molecule has 0 heterocycles. The molecule has 0 aromatic heterocycles. The number of nitrogens with one attached hydrogen (secondary N) is 2. The smallest absolute Gasteiger partial charge is 0.240 e. The van der Waals surface area contributed by atoms with E-state index in [4.69, 9.17) is 5.73 Å². The molecule has 0 aliphatic heterocycles. The van der Waals surface area contributed by atoms with Gasteiger partial charge in [-0.15, -0.1) is 0 Å². The Morgan fingerprint density at radius 3 is 2.20 bits per heavy atom. The van der Waals surface area contributed by atoms with Crippen LogP contribution in [-0.4, -0.2) is 21.4 Å². The van der Waals surface area contributed by atoms with Gasteiger partial charge in [0, 0.05) is 12.5 Å². The molecule has 2 rings (SSSR count). The van der Waals surface area contributed by atoms with E-state index >= 15 is 0 Å². The van der Waals surface area contributed by atoms with Crippen molar-refractivity contribution < 1.29 is 13.2 Å². The number of amides is 1. The van der Waals surface area contributed by atoms with Crippen molar-refractivity contribution in [3.8, 4) is 0 Å². The lowest BCUT2D eigenvalue weighted by atomic mass is 10.0. The van der Waals surface area contributed by atoms with Gasteiger partial charge in [-0.1, -0.05) is 42.5 Å². The van der Waals surface area contributed by atoms with Crippen LogP contribution in [-0.2, 0) is 14.8 Å². The first-order chi connectivity index (χ1) is 11.8. The molecule has 0 bridgehead atoms. The molecule has 0 fully saturated rings. The summed E-state index contributed by atoms with van der Waals surface area (Å²) < 4.78 is 25.7. The van der Waals surface area contributed by atoms with Gasteiger partial charge in [0.2, 0.25) is 15.9 Å². The highest BCUT2D eigenvalue weighted by Gasteiger charge is 2.16. The molecule has 6 nitrogen and oxygen atoms in total. The fraction of sp³-hybridized carbons (Fsp3) is 0.278. The first-order valence-electron chi connectivity index (χ1n) is 7.97. The third kappa shape index (κ3) is 5.12. The molecule has 25 heavy (non-hydrogen) atoms. The van der Waals surface area contributed by atoms with Crippen molar-refractivity contribution in [1.82, 2.24) is 10.0 Å². The number of benzene rings is 2. The fourth-order valence-electron chi connectivity index (χ4n) is 2.46. The van der Waals surface area contributed by atoms with Crippen LogP contribution >= 0.6 is 0 Å². The summed E-state index contributed by atoms with van der Waals surface area (Å²) in [5, 5.41) is 2.89. The van der Waals surface area contributed by atoms with Gasteiger partial charge < -0.3 is 11.1 Å². The van der Waals surface area contributed by atoms with Gasteiger partial charge in [-0.25, -0.2) is 13.1 Å². The van der Waals surface area contributed by atoms with Crippen LogP contribution in [0, 0.1) is 0 Å².